The largest absolute Gasteiger partial charge is 0.450 e. The van der Waals surface area contributed by atoms with E-state index in [2.05, 4.69) is 35.5 Å². The maximum Gasteiger partial charge on any atom is 0.409 e. The van der Waals surface area contributed by atoms with Crippen molar-refractivity contribution < 1.29 is 9.53 Å². The van der Waals surface area contributed by atoms with E-state index in [0.29, 0.717) is 12.6 Å². The molecule has 0 saturated carbocycles. The average molecular weight is 330 g/mol. The van der Waals surface area contributed by atoms with Crippen LogP contribution in [-0.2, 0) is 18.3 Å². The summed E-state index contributed by atoms with van der Waals surface area (Å²) >= 11 is 0. The lowest BCUT2D eigenvalue weighted by atomic mass is 10.0. The molecule has 130 valence electrons. The molecule has 24 heavy (non-hydrogen) atoms. The Hall–Kier alpha value is -2.08. The summed E-state index contributed by atoms with van der Waals surface area (Å²) in [5, 5.41) is 9.47. The molecule has 0 spiro atoms. The third-order valence-corrected chi connectivity index (χ3v) is 4.66. The number of carbonyl (C=O) groups excluding carboxylic acids is 1. The first-order valence-electron chi connectivity index (χ1n) is 8.65. The van der Waals surface area contributed by atoms with Gasteiger partial charge < -0.3 is 15.0 Å². The number of carbonyl (C=O) groups is 1. The Labute approximate surface area is 142 Å². The molecule has 2 heterocycles. The highest BCUT2D eigenvalue weighted by atomic mass is 16.6. The van der Waals surface area contributed by atoms with Gasteiger partial charge in [0, 0.05) is 38.1 Å². The summed E-state index contributed by atoms with van der Waals surface area (Å²) in [5.41, 5.74) is 3.50. The van der Waals surface area contributed by atoms with Crippen LogP contribution < -0.4 is 5.32 Å². The van der Waals surface area contributed by atoms with Crippen molar-refractivity contribution in [2.24, 2.45) is 7.05 Å². The molecule has 6 heteroatoms. The molecule has 1 saturated heterocycles. The maximum absolute atomic E-state index is 11.7. The minimum atomic E-state index is -0.192. The van der Waals surface area contributed by atoms with Crippen LogP contribution in [-0.4, -0.2) is 46.5 Å². The molecule has 1 aromatic carbocycles. The van der Waals surface area contributed by atoms with E-state index in [9.17, 15) is 4.79 Å². The number of piperidine rings is 1. The molecule has 1 amide bonds. The van der Waals surface area contributed by atoms with Crippen molar-refractivity contribution in [2.75, 3.05) is 19.7 Å². The Bertz CT molecular complexity index is 717. The Morgan fingerprint density at radius 3 is 2.83 bits per heavy atom. The highest BCUT2D eigenvalue weighted by Crippen LogP contribution is 2.20. The predicted molar refractivity (Wildman–Crippen MR) is 93.9 cm³/mol. The second-order valence-electron chi connectivity index (χ2n) is 6.43. The van der Waals surface area contributed by atoms with Gasteiger partial charge in [0.25, 0.3) is 0 Å². The lowest BCUT2D eigenvalue weighted by Gasteiger charge is -2.31. The van der Waals surface area contributed by atoms with Gasteiger partial charge in [-0.05, 0) is 38.8 Å². The lowest BCUT2D eigenvalue weighted by molar-refractivity contribution is 0.0950. The van der Waals surface area contributed by atoms with Crippen molar-refractivity contribution in [1.82, 2.24) is 20.0 Å². The van der Waals surface area contributed by atoms with Gasteiger partial charge in [-0.25, -0.2) is 4.79 Å². The number of hydrogen-bond acceptors (Lipinski definition) is 4. The molecule has 1 fully saturated rings. The van der Waals surface area contributed by atoms with Crippen LogP contribution >= 0.6 is 0 Å². The van der Waals surface area contributed by atoms with E-state index in [0.717, 1.165) is 43.7 Å². The van der Waals surface area contributed by atoms with Crippen molar-refractivity contribution in [2.45, 2.75) is 39.3 Å². The first kappa shape index (κ1) is 16.8. The molecule has 1 aliphatic heterocycles. The molecule has 0 radical (unpaired) electrons. The van der Waals surface area contributed by atoms with Crippen LogP contribution in [0.15, 0.2) is 18.2 Å². The third-order valence-electron chi connectivity index (χ3n) is 4.66. The SMILES string of the molecule is CCOC(=O)N1CCC(NCc2nn(C)c3ccc(C)cc23)CC1. The summed E-state index contributed by atoms with van der Waals surface area (Å²) in [6.45, 7) is 6.63. The zero-order valence-corrected chi connectivity index (χ0v) is 14.7. The number of benzene rings is 1. The Morgan fingerprint density at radius 1 is 1.38 bits per heavy atom. The van der Waals surface area contributed by atoms with Crippen molar-refractivity contribution in [3.63, 3.8) is 0 Å². The summed E-state index contributed by atoms with van der Waals surface area (Å²) in [7, 11) is 1.99. The van der Waals surface area contributed by atoms with Crippen molar-refractivity contribution in [3.8, 4) is 0 Å². The summed E-state index contributed by atoms with van der Waals surface area (Å²) in [6, 6.07) is 6.85. The van der Waals surface area contributed by atoms with Gasteiger partial charge in [0.15, 0.2) is 0 Å². The number of aromatic nitrogens is 2. The quantitative estimate of drug-likeness (QED) is 0.936. The molecule has 1 N–H and O–H groups in total. The Morgan fingerprint density at radius 2 is 2.12 bits per heavy atom. The summed E-state index contributed by atoms with van der Waals surface area (Å²) in [5.74, 6) is 0. The van der Waals surface area contributed by atoms with Crippen molar-refractivity contribution in [3.05, 3.63) is 29.5 Å². The minimum absolute atomic E-state index is 0.192. The fourth-order valence-electron chi connectivity index (χ4n) is 3.30. The maximum atomic E-state index is 11.7. The van der Waals surface area contributed by atoms with E-state index < -0.39 is 0 Å². The zero-order valence-electron chi connectivity index (χ0n) is 14.7. The second kappa shape index (κ2) is 7.21. The highest BCUT2D eigenvalue weighted by Gasteiger charge is 2.23. The van der Waals surface area contributed by atoms with Crippen LogP contribution in [0.3, 0.4) is 0 Å². The van der Waals surface area contributed by atoms with Crippen LogP contribution in [0.4, 0.5) is 4.79 Å². The molecule has 0 bridgehead atoms. The number of fused-ring (bicyclic) bond motifs is 1. The fourth-order valence-corrected chi connectivity index (χ4v) is 3.30. The third kappa shape index (κ3) is 3.53. The Kier molecular flexibility index (Phi) is 5.04. The second-order valence-corrected chi connectivity index (χ2v) is 6.43. The number of amides is 1. The molecular weight excluding hydrogens is 304 g/mol. The van der Waals surface area contributed by atoms with Gasteiger partial charge in [0.05, 0.1) is 17.8 Å². The fraction of sp³-hybridized carbons (Fsp3) is 0.556. The standard InChI is InChI=1S/C18H26N4O2/c1-4-24-18(23)22-9-7-14(8-10-22)19-12-16-15-11-13(2)5-6-17(15)21(3)20-16/h5-6,11,14,19H,4,7-10,12H2,1-3H3. The van der Waals surface area contributed by atoms with E-state index in [4.69, 9.17) is 4.74 Å². The van der Waals surface area contributed by atoms with Gasteiger partial charge in [-0.2, -0.15) is 5.10 Å². The summed E-state index contributed by atoms with van der Waals surface area (Å²) in [6.07, 6.45) is 1.70. The minimum Gasteiger partial charge on any atom is -0.450 e. The molecule has 0 aliphatic carbocycles. The molecule has 1 aromatic heterocycles. The van der Waals surface area contributed by atoms with Crippen LogP contribution in [0.2, 0.25) is 0 Å². The smallest absolute Gasteiger partial charge is 0.409 e. The van der Waals surface area contributed by atoms with Crippen LogP contribution in [0.25, 0.3) is 10.9 Å². The number of ether oxygens (including phenoxy) is 1. The lowest BCUT2D eigenvalue weighted by Crippen LogP contribution is -2.44. The summed E-state index contributed by atoms with van der Waals surface area (Å²) in [4.78, 5) is 13.5. The van der Waals surface area contributed by atoms with Gasteiger partial charge in [0.2, 0.25) is 0 Å². The first-order chi connectivity index (χ1) is 11.6. The first-order valence-corrected chi connectivity index (χ1v) is 8.65. The number of hydrogen-bond donors (Lipinski definition) is 1. The van der Waals surface area contributed by atoms with Gasteiger partial charge >= 0.3 is 6.09 Å². The number of likely N-dealkylation sites (tertiary alicyclic amines) is 1. The normalized spacial score (nSPS) is 15.9. The molecule has 6 nitrogen and oxygen atoms in total. The van der Waals surface area contributed by atoms with E-state index >= 15 is 0 Å². The number of nitrogens with zero attached hydrogens (tertiary/aromatic N) is 3. The molecule has 2 aromatic rings. The van der Waals surface area contributed by atoms with Gasteiger partial charge in [-0.15, -0.1) is 0 Å². The van der Waals surface area contributed by atoms with Crippen LogP contribution in [0.1, 0.15) is 31.0 Å². The topological polar surface area (TPSA) is 59.4 Å². The molecule has 0 atom stereocenters. The van der Waals surface area contributed by atoms with Crippen LogP contribution in [0, 0.1) is 6.92 Å². The molecule has 3 rings (SSSR count). The van der Waals surface area contributed by atoms with E-state index in [1.807, 2.05) is 18.7 Å². The summed E-state index contributed by atoms with van der Waals surface area (Å²) < 4.78 is 7.00. The Balaban J connectivity index is 1.58. The molecule has 0 unspecified atom stereocenters. The predicted octanol–water partition coefficient (Wildman–Crippen LogP) is 2.59. The van der Waals surface area contributed by atoms with E-state index in [1.165, 1.54) is 10.9 Å². The van der Waals surface area contributed by atoms with Crippen molar-refractivity contribution >= 4 is 17.0 Å². The number of rotatable bonds is 4. The van der Waals surface area contributed by atoms with Gasteiger partial charge in [-0.1, -0.05) is 11.6 Å². The van der Waals surface area contributed by atoms with Gasteiger partial charge in [-0.3, -0.25) is 4.68 Å². The monoisotopic (exact) mass is 330 g/mol. The molecule has 1 aliphatic rings. The average Bonchev–Trinajstić information content (AvgIpc) is 2.89. The zero-order chi connectivity index (χ0) is 17.1. The van der Waals surface area contributed by atoms with Crippen molar-refractivity contribution in [1.29, 1.82) is 0 Å². The van der Waals surface area contributed by atoms with E-state index in [-0.39, 0.29) is 6.09 Å². The number of nitrogens with one attached hydrogen (secondary N) is 1. The van der Waals surface area contributed by atoms with Gasteiger partial charge in [0.1, 0.15) is 0 Å². The number of aryl methyl sites for hydroxylation is 2. The highest BCUT2D eigenvalue weighted by molar-refractivity contribution is 5.82. The van der Waals surface area contributed by atoms with E-state index in [1.54, 1.807) is 4.90 Å². The van der Waals surface area contributed by atoms with Crippen LogP contribution in [0.5, 0.6) is 0 Å². The molecular formula is C18H26N4O2.